The zero-order chi connectivity index (χ0) is 23.7. The van der Waals surface area contributed by atoms with Crippen LogP contribution in [-0.2, 0) is 14.2 Å². The maximum atomic E-state index is 10.5. The average Bonchev–Trinajstić information content (AvgIpc) is 2.80. The molecule has 0 unspecified atom stereocenters. The van der Waals surface area contributed by atoms with Gasteiger partial charge >= 0.3 is 0 Å². The van der Waals surface area contributed by atoms with Gasteiger partial charge in [-0.25, -0.2) is 0 Å². The Morgan fingerprint density at radius 1 is 0.758 bits per heavy atom. The molecule has 2 heterocycles. The molecule has 0 aromatic heterocycles. The second kappa shape index (κ2) is 9.44. The molecule has 2 fully saturated rings. The quantitative estimate of drug-likeness (QED) is 0.248. The van der Waals surface area contributed by atoms with E-state index >= 15 is 0 Å². The number of phenols is 4. The van der Waals surface area contributed by atoms with Crippen molar-refractivity contribution in [2.45, 2.75) is 49.3 Å². The molecule has 0 bridgehead atoms. The Balaban J connectivity index is 1.61. The van der Waals surface area contributed by atoms with E-state index in [2.05, 4.69) is 11.8 Å². The van der Waals surface area contributed by atoms with E-state index in [1.807, 2.05) is 0 Å². The van der Waals surface area contributed by atoms with Gasteiger partial charge in [0, 0.05) is 12.0 Å². The highest BCUT2D eigenvalue weighted by atomic mass is 16.7. The van der Waals surface area contributed by atoms with Gasteiger partial charge in [0.1, 0.15) is 36.6 Å². The fourth-order valence-corrected chi connectivity index (χ4v) is 3.83. The van der Waals surface area contributed by atoms with Crippen molar-refractivity contribution in [3.8, 4) is 34.8 Å². The lowest BCUT2D eigenvalue weighted by Gasteiger charge is -2.48. The molecule has 0 radical (unpaired) electrons. The first kappa shape index (κ1) is 23.1. The summed E-state index contributed by atoms with van der Waals surface area (Å²) in [4.78, 5) is 0. The van der Waals surface area contributed by atoms with E-state index in [0.29, 0.717) is 11.1 Å². The summed E-state index contributed by atoms with van der Waals surface area (Å²) in [6.45, 7) is -0.533. The molecule has 176 valence electrons. The highest BCUT2D eigenvalue weighted by Crippen LogP contribution is 2.40. The van der Waals surface area contributed by atoms with Crippen LogP contribution in [-0.4, -0.2) is 79.2 Å². The Labute approximate surface area is 188 Å². The predicted octanol–water partition coefficient (Wildman–Crippen LogP) is 0.215. The molecule has 0 saturated carbocycles. The zero-order valence-electron chi connectivity index (χ0n) is 17.3. The van der Waals surface area contributed by atoms with Crippen molar-refractivity contribution in [1.82, 2.24) is 0 Å². The van der Waals surface area contributed by atoms with Crippen molar-refractivity contribution < 1.29 is 50.0 Å². The number of hydrogen-bond donors (Lipinski definition) is 7. The first-order valence-electron chi connectivity index (χ1n) is 10.2. The average molecular weight is 460 g/mol. The molecular formula is C23H24O10. The van der Waals surface area contributed by atoms with E-state index < -0.39 is 49.5 Å². The van der Waals surface area contributed by atoms with Gasteiger partial charge in [0.15, 0.2) is 29.3 Å². The van der Waals surface area contributed by atoms with E-state index in [-0.39, 0.29) is 29.4 Å². The lowest BCUT2D eigenvalue weighted by atomic mass is 9.94. The molecule has 0 spiro atoms. The van der Waals surface area contributed by atoms with E-state index in [1.165, 1.54) is 36.4 Å². The SMILES string of the molecule is OC[C@H]1O[C@H]2O[C@H](CC#Cc3ccc(O)c(O)c3)[C@@H](c3ccc(O)c(O)c3)O[C@H]2[C@@H](O)[C@@H]1O. The number of ether oxygens (including phenoxy) is 3. The normalized spacial score (nSPS) is 31.3. The molecule has 2 aliphatic rings. The smallest absolute Gasteiger partial charge is 0.187 e. The lowest BCUT2D eigenvalue weighted by Crippen LogP contribution is -2.63. The number of phenolic OH excluding ortho intramolecular Hbond substituents is 4. The van der Waals surface area contributed by atoms with E-state index in [9.17, 15) is 35.7 Å². The van der Waals surface area contributed by atoms with Gasteiger partial charge in [-0.15, -0.1) is 0 Å². The van der Waals surface area contributed by atoms with Crippen LogP contribution >= 0.6 is 0 Å². The third-order valence-electron chi connectivity index (χ3n) is 5.61. The molecule has 10 heteroatoms. The minimum absolute atomic E-state index is 0.100. The van der Waals surface area contributed by atoms with E-state index in [4.69, 9.17) is 14.2 Å². The van der Waals surface area contributed by atoms with Crippen LogP contribution in [0, 0.1) is 11.8 Å². The minimum atomic E-state index is -1.40. The van der Waals surface area contributed by atoms with Crippen molar-refractivity contribution >= 4 is 0 Å². The van der Waals surface area contributed by atoms with Crippen LogP contribution in [0.25, 0.3) is 0 Å². The van der Waals surface area contributed by atoms with Gasteiger partial charge < -0.3 is 50.0 Å². The van der Waals surface area contributed by atoms with Crippen LogP contribution in [0.2, 0.25) is 0 Å². The van der Waals surface area contributed by atoms with Crippen LogP contribution in [0.5, 0.6) is 23.0 Å². The Kier molecular flexibility index (Phi) is 6.62. The summed E-state index contributed by atoms with van der Waals surface area (Å²) in [6, 6.07) is 8.24. The van der Waals surface area contributed by atoms with Crippen molar-refractivity contribution in [3.63, 3.8) is 0 Å². The summed E-state index contributed by atoms with van der Waals surface area (Å²) < 4.78 is 17.6. The fourth-order valence-electron chi connectivity index (χ4n) is 3.83. The Morgan fingerprint density at radius 2 is 1.42 bits per heavy atom. The monoisotopic (exact) mass is 460 g/mol. The first-order chi connectivity index (χ1) is 15.8. The number of aliphatic hydroxyl groups excluding tert-OH is 3. The molecule has 4 rings (SSSR count). The summed E-state index contributed by atoms with van der Waals surface area (Å²) >= 11 is 0. The summed E-state index contributed by atoms with van der Waals surface area (Å²) in [7, 11) is 0. The van der Waals surface area contributed by atoms with Crippen molar-refractivity contribution in [3.05, 3.63) is 47.5 Å². The molecule has 0 amide bonds. The van der Waals surface area contributed by atoms with Gasteiger partial charge in [0.05, 0.1) is 6.61 Å². The van der Waals surface area contributed by atoms with Crippen LogP contribution in [0.3, 0.4) is 0 Å². The zero-order valence-corrected chi connectivity index (χ0v) is 17.3. The highest BCUT2D eigenvalue weighted by Gasteiger charge is 2.51. The van der Waals surface area contributed by atoms with Gasteiger partial charge in [-0.2, -0.15) is 0 Å². The maximum Gasteiger partial charge on any atom is 0.187 e. The number of benzene rings is 2. The van der Waals surface area contributed by atoms with Gasteiger partial charge in [-0.3, -0.25) is 0 Å². The topological polar surface area (TPSA) is 169 Å². The summed E-state index contributed by atoms with van der Waals surface area (Å²) in [6.07, 6.45) is -7.54. The number of aromatic hydroxyl groups is 4. The molecule has 7 N–H and O–H groups in total. The molecule has 33 heavy (non-hydrogen) atoms. The number of aliphatic hydroxyl groups is 3. The Hall–Kier alpha value is -3.04. The Bertz CT molecular complexity index is 1060. The fraction of sp³-hybridized carbons (Fsp3) is 0.391. The first-order valence-corrected chi connectivity index (χ1v) is 10.2. The van der Waals surface area contributed by atoms with Gasteiger partial charge in [0.25, 0.3) is 0 Å². The molecule has 7 atom stereocenters. The van der Waals surface area contributed by atoms with Crippen molar-refractivity contribution in [1.29, 1.82) is 0 Å². The van der Waals surface area contributed by atoms with Crippen LogP contribution in [0.15, 0.2) is 36.4 Å². The predicted molar refractivity (Wildman–Crippen MR) is 111 cm³/mol. The van der Waals surface area contributed by atoms with E-state index in [0.717, 1.165) is 0 Å². The number of fused-ring (bicyclic) bond motifs is 1. The van der Waals surface area contributed by atoms with Crippen LogP contribution in [0.1, 0.15) is 23.7 Å². The minimum Gasteiger partial charge on any atom is -0.504 e. The number of hydrogen-bond acceptors (Lipinski definition) is 10. The highest BCUT2D eigenvalue weighted by molar-refractivity contribution is 5.47. The summed E-state index contributed by atoms with van der Waals surface area (Å²) in [5.41, 5.74) is 0.885. The molecule has 2 aromatic carbocycles. The van der Waals surface area contributed by atoms with Gasteiger partial charge in [-0.1, -0.05) is 17.9 Å². The largest absolute Gasteiger partial charge is 0.504 e. The van der Waals surface area contributed by atoms with Crippen molar-refractivity contribution in [2.75, 3.05) is 6.61 Å². The molecule has 2 aliphatic heterocycles. The summed E-state index contributed by atoms with van der Waals surface area (Å²) in [5, 5.41) is 68.7. The Morgan fingerprint density at radius 3 is 2.09 bits per heavy atom. The summed E-state index contributed by atoms with van der Waals surface area (Å²) in [5.74, 6) is 4.49. The molecule has 10 nitrogen and oxygen atoms in total. The van der Waals surface area contributed by atoms with E-state index in [1.54, 1.807) is 0 Å². The van der Waals surface area contributed by atoms with Crippen LogP contribution in [0.4, 0.5) is 0 Å². The standard InChI is InChI=1S/C23H24O10/c24-10-18-19(29)20(30)22-23(32-18)31-17(3-1-2-11-4-6-13(25)15(27)8-11)21(33-22)12-5-7-14(26)16(28)9-12/h4-9,17-30H,3,10H2/t17-,18-,19-,20+,21-,22+,23-/m1/s1. The third-order valence-corrected chi connectivity index (χ3v) is 5.61. The second-order valence-electron chi connectivity index (χ2n) is 7.86. The number of rotatable bonds is 3. The lowest BCUT2D eigenvalue weighted by molar-refractivity contribution is -0.367. The molecule has 0 aliphatic carbocycles. The van der Waals surface area contributed by atoms with Gasteiger partial charge in [-0.05, 0) is 35.9 Å². The van der Waals surface area contributed by atoms with Gasteiger partial charge in [0.2, 0.25) is 0 Å². The second-order valence-corrected chi connectivity index (χ2v) is 7.86. The van der Waals surface area contributed by atoms with Crippen molar-refractivity contribution in [2.24, 2.45) is 0 Å². The molecular weight excluding hydrogens is 436 g/mol. The molecule has 2 aromatic rings. The van der Waals surface area contributed by atoms with Crippen LogP contribution < -0.4 is 0 Å². The molecule has 2 saturated heterocycles. The third kappa shape index (κ3) is 4.69. The maximum absolute atomic E-state index is 10.5.